The summed E-state index contributed by atoms with van der Waals surface area (Å²) in [6.07, 6.45) is 2.66. The van der Waals surface area contributed by atoms with E-state index in [0.717, 1.165) is 11.4 Å². The van der Waals surface area contributed by atoms with E-state index < -0.39 is 6.09 Å². The summed E-state index contributed by atoms with van der Waals surface area (Å²) < 4.78 is 5.02. The van der Waals surface area contributed by atoms with Crippen molar-refractivity contribution in [1.29, 1.82) is 5.26 Å². The Morgan fingerprint density at radius 1 is 1.20 bits per heavy atom. The highest BCUT2D eigenvalue weighted by molar-refractivity contribution is 5.95. The molecule has 0 aromatic carbocycles. The molecule has 2 aliphatic heterocycles. The molecule has 2 aliphatic rings. The van der Waals surface area contributed by atoms with E-state index >= 15 is 0 Å². The zero-order valence-electron chi connectivity index (χ0n) is 16.9. The molecule has 0 radical (unpaired) electrons. The molecule has 1 atom stereocenters. The number of nitrogens with zero attached hydrogens (tertiary/aromatic N) is 6. The van der Waals surface area contributed by atoms with Crippen molar-refractivity contribution < 1.29 is 14.3 Å². The average molecular weight is 406 g/mol. The Balaban J connectivity index is 1.40. The highest BCUT2D eigenvalue weighted by Gasteiger charge is 2.32. The molecular weight excluding hydrogens is 384 g/mol. The van der Waals surface area contributed by atoms with Crippen LogP contribution in [0.25, 0.3) is 0 Å². The molecule has 4 heterocycles. The lowest BCUT2D eigenvalue weighted by molar-refractivity contribution is 0.0746. The molecule has 2 saturated heterocycles. The Morgan fingerprint density at radius 2 is 1.97 bits per heavy atom. The standard InChI is InChI=1S/C21H22N6O3/c1-14-9-16(10-22)11-24-19(14)25-5-7-26(8-6-25)20(28)17-3-4-18(23-12-17)27-15(2)13-30-21(27)29/h3-4,9,11-12,15H,5-8,13H2,1-2H3/t15-/m1/s1. The van der Waals surface area contributed by atoms with Gasteiger partial charge in [-0.3, -0.25) is 9.69 Å². The van der Waals surface area contributed by atoms with Gasteiger partial charge < -0.3 is 14.5 Å². The van der Waals surface area contributed by atoms with Crippen LogP contribution >= 0.6 is 0 Å². The minimum atomic E-state index is -0.420. The molecule has 2 aromatic rings. The number of carbonyl (C=O) groups is 2. The summed E-state index contributed by atoms with van der Waals surface area (Å²) >= 11 is 0. The predicted molar refractivity (Wildman–Crippen MR) is 109 cm³/mol. The van der Waals surface area contributed by atoms with Gasteiger partial charge in [-0.25, -0.2) is 14.8 Å². The number of hydrogen-bond acceptors (Lipinski definition) is 7. The van der Waals surface area contributed by atoms with Crippen LogP contribution in [0.2, 0.25) is 0 Å². The second-order valence-corrected chi connectivity index (χ2v) is 7.46. The highest BCUT2D eigenvalue weighted by atomic mass is 16.6. The third kappa shape index (κ3) is 3.64. The number of aryl methyl sites for hydroxylation is 1. The Hall–Kier alpha value is -3.67. The maximum atomic E-state index is 12.9. The topological polar surface area (TPSA) is 103 Å². The van der Waals surface area contributed by atoms with Crippen molar-refractivity contribution in [2.45, 2.75) is 19.9 Å². The van der Waals surface area contributed by atoms with Crippen LogP contribution in [0, 0.1) is 18.3 Å². The third-order valence-electron chi connectivity index (χ3n) is 5.37. The number of carbonyl (C=O) groups excluding carboxylic acids is 2. The van der Waals surface area contributed by atoms with Gasteiger partial charge in [0.2, 0.25) is 0 Å². The molecule has 0 N–H and O–H groups in total. The molecular formula is C21H22N6O3. The number of pyridine rings is 2. The molecule has 0 saturated carbocycles. The molecule has 2 fully saturated rings. The average Bonchev–Trinajstić information content (AvgIpc) is 3.11. The van der Waals surface area contributed by atoms with Crippen molar-refractivity contribution >= 4 is 23.6 Å². The zero-order chi connectivity index (χ0) is 21.3. The third-order valence-corrected chi connectivity index (χ3v) is 5.37. The first-order valence-electron chi connectivity index (χ1n) is 9.81. The van der Waals surface area contributed by atoms with Gasteiger partial charge in [0.15, 0.2) is 0 Å². The number of ether oxygens (including phenoxy) is 1. The molecule has 0 unspecified atom stereocenters. The number of nitriles is 1. The van der Waals surface area contributed by atoms with E-state index in [1.165, 1.54) is 11.1 Å². The lowest BCUT2D eigenvalue weighted by Crippen LogP contribution is -2.49. The molecule has 4 rings (SSSR count). The number of hydrogen-bond donors (Lipinski definition) is 0. The monoisotopic (exact) mass is 406 g/mol. The summed E-state index contributed by atoms with van der Waals surface area (Å²) in [6.45, 7) is 6.61. The van der Waals surface area contributed by atoms with Crippen LogP contribution < -0.4 is 9.80 Å². The van der Waals surface area contributed by atoms with Gasteiger partial charge in [-0.15, -0.1) is 0 Å². The van der Waals surface area contributed by atoms with Gasteiger partial charge in [0.25, 0.3) is 5.91 Å². The zero-order valence-corrected chi connectivity index (χ0v) is 16.9. The molecule has 30 heavy (non-hydrogen) atoms. The number of rotatable bonds is 3. The molecule has 0 spiro atoms. The number of cyclic esters (lactones) is 1. The van der Waals surface area contributed by atoms with Gasteiger partial charge >= 0.3 is 6.09 Å². The molecule has 0 aliphatic carbocycles. The van der Waals surface area contributed by atoms with Crippen molar-refractivity contribution in [2.75, 3.05) is 42.6 Å². The van der Waals surface area contributed by atoms with Crippen LogP contribution in [0.4, 0.5) is 16.4 Å². The number of amides is 2. The quantitative estimate of drug-likeness (QED) is 0.768. The minimum Gasteiger partial charge on any atom is -0.447 e. The predicted octanol–water partition coefficient (Wildman–Crippen LogP) is 1.96. The molecule has 154 valence electrons. The van der Waals surface area contributed by atoms with Gasteiger partial charge in [0.1, 0.15) is 24.3 Å². The summed E-state index contributed by atoms with van der Waals surface area (Å²) in [7, 11) is 0. The lowest BCUT2D eigenvalue weighted by atomic mass is 10.2. The van der Waals surface area contributed by atoms with Crippen LogP contribution in [0.5, 0.6) is 0 Å². The lowest BCUT2D eigenvalue weighted by Gasteiger charge is -2.36. The van der Waals surface area contributed by atoms with Crippen molar-refractivity contribution in [2.24, 2.45) is 0 Å². The fourth-order valence-corrected chi connectivity index (χ4v) is 3.75. The number of anilines is 2. The molecule has 0 bridgehead atoms. The normalized spacial score (nSPS) is 18.9. The first-order chi connectivity index (χ1) is 14.5. The van der Waals surface area contributed by atoms with Crippen molar-refractivity contribution in [3.05, 3.63) is 47.3 Å². The highest BCUT2D eigenvalue weighted by Crippen LogP contribution is 2.22. The molecule has 2 amide bonds. The summed E-state index contributed by atoms with van der Waals surface area (Å²) in [5, 5.41) is 8.99. The minimum absolute atomic E-state index is 0.0843. The van der Waals surface area contributed by atoms with Crippen molar-refractivity contribution in [3.63, 3.8) is 0 Å². The van der Waals surface area contributed by atoms with Gasteiger partial charge in [-0.2, -0.15) is 5.26 Å². The maximum Gasteiger partial charge on any atom is 0.415 e. The van der Waals surface area contributed by atoms with Crippen LogP contribution in [-0.4, -0.2) is 65.7 Å². The van der Waals surface area contributed by atoms with Crippen LogP contribution in [0.15, 0.2) is 30.6 Å². The first kappa shape index (κ1) is 19.6. The van der Waals surface area contributed by atoms with E-state index in [1.807, 2.05) is 19.9 Å². The van der Waals surface area contributed by atoms with Gasteiger partial charge in [-0.05, 0) is 37.6 Å². The smallest absolute Gasteiger partial charge is 0.415 e. The SMILES string of the molecule is Cc1cc(C#N)cnc1N1CCN(C(=O)c2ccc(N3C(=O)OC[C@H]3C)nc2)CC1. The Labute approximate surface area is 174 Å². The number of piperazine rings is 1. The van der Waals surface area contributed by atoms with E-state index in [0.29, 0.717) is 49.7 Å². The largest absolute Gasteiger partial charge is 0.447 e. The Kier molecular flexibility index (Phi) is 5.23. The van der Waals surface area contributed by atoms with Gasteiger partial charge in [-0.1, -0.05) is 0 Å². The summed E-state index contributed by atoms with van der Waals surface area (Å²) in [5.74, 6) is 1.24. The maximum absolute atomic E-state index is 12.9. The van der Waals surface area contributed by atoms with Crippen molar-refractivity contribution in [1.82, 2.24) is 14.9 Å². The van der Waals surface area contributed by atoms with Crippen LogP contribution in [-0.2, 0) is 4.74 Å². The fraction of sp³-hybridized carbons (Fsp3) is 0.381. The second-order valence-electron chi connectivity index (χ2n) is 7.46. The van der Waals surface area contributed by atoms with Crippen molar-refractivity contribution in [3.8, 4) is 6.07 Å². The summed E-state index contributed by atoms with van der Waals surface area (Å²) in [4.78, 5) is 38.8. The summed E-state index contributed by atoms with van der Waals surface area (Å²) in [5.41, 5.74) is 1.97. The van der Waals surface area contributed by atoms with E-state index in [9.17, 15) is 9.59 Å². The second kappa shape index (κ2) is 7.99. The van der Waals surface area contributed by atoms with Gasteiger partial charge in [0, 0.05) is 38.6 Å². The molecule has 9 heteroatoms. The Morgan fingerprint density at radius 3 is 2.53 bits per heavy atom. The van der Waals surface area contributed by atoms with E-state index in [4.69, 9.17) is 10.00 Å². The van der Waals surface area contributed by atoms with Gasteiger partial charge in [0.05, 0.1) is 17.2 Å². The van der Waals surface area contributed by atoms with E-state index in [1.54, 1.807) is 23.2 Å². The van der Waals surface area contributed by atoms with E-state index in [2.05, 4.69) is 20.9 Å². The molecule has 2 aromatic heterocycles. The molecule has 9 nitrogen and oxygen atoms in total. The van der Waals surface area contributed by atoms with E-state index in [-0.39, 0.29) is 11.9 Å². The fourth-order valence-electron chi connectivity index (χ4n) is 3.75. The van der Waals surface area contributed by atoms with Crippen LogP contribution in [0.1, 0.15) is 28.4 Å². The summed E-state index contributed by atoms with van der Waals surface area (Å²) in [6, 6.07) is 7.21. The Bertz CT molecular complexity index is 1010. The number of aromatic nitrogens is 2. The first-order valence-corrected chi connectivity index (χ1v) is 9.81. The van der Waals surface area contributed by atoms with Crippen LogP contribution in [0.3, 0.4) is 0 Å².